The summed E-state index contributed by atoms with van der Waals surface area (Å²) in [5.41, 5.74) is 0.789. The third-order valence-corrected chi connectivity index (χ3v) is 6.50. The lowest BCUT2D eigenvalue weighted by Gasteiger charge is -2.19. The summed E-state index contributed by atoms with van der Waals surface area (Å²) in [6.07, 6.45) is 3.55. The van der Waals surface area contributed by atoms with Crippen LogP contribution in [0.5, 0.6) is 0 Å². The van der Waals surface area contributed by atoms with E-state index in [1.54, 1.807) is 12.1 Å². The Hall–Kier alpha value is -2.79. The molecule has 10 nitrogen and oxygen atoms in total. The van der Waals surface area contributed by atoms with Crippen LogP contribution in [-0.4, -0.2) is 56.7 Å². The molecule has 2 atom stereocenters. The molecule has 1 aliphatic carbocycles. The number of amides is 3. The summed E-state index contributed by atoms with van der Waals surface area (Å²) < 4.78 is 27.3. The number of sulfonamides is 1. The number of nitrogens with one attached hydrogen (secondary N) is 1. The van der Waals surface area contributed by atoms with Gasteiger partial charge in [-0.2, -0.15) is 0 Å². The maximum absolute atomic E-state index is 12.4. The van der Waals surface area contributed by atoms with E-state index < -0.39 is 35.1 Å². The van der Waals surface area contributed by atoms with Crippen molar-refractivity contribution in [3.63, 3.8) is 0 Å². The molecule has 168 valence electrons. The first-order valence-electron chi connectivity index (χ1n) is 10.1. The monoisotopic (exact) mass is 451 g/mol. The lowest BCUT2D eigenvalue weighted by Crippen LogP contribution is -2.38. The van der Waals surface area contributed by atoms with E-state index in [9.17, 15) is 27.6 Å². The Morgan fingerprint density at radius 2 is 1.65 bits per heavy atom. The molecule has 2 fully saturated rings. The average molecular weight is 452 g/mol. The molecule has 3 N–H and O–H groups in total. The molecular formula is C20H25N3O7S. The molecule has 3 rings (SSSR count). The van der Waals surface area contributed by atoms with E-state index in [1.807, 2.05) is 0 Å². The van der Waals surface area contributed by atoms with Crippen LogP contribution in [0.1, 0.15) is 31.2 Å². The smallest absolute Gasteiger partial charge is 0.326 e. The molecule has 1 heterocycles. The van der Waals surface area contributed by atoms with Crippen molar-refractivity contribution in [2.75, 3.05) is 19.7 Å². The summed E-state index contributed by atoms with van der Waals surface area (Å²) in [5.74, 6) is -2.67. The molecular weight excluding hydrogens is 426 g/mol. The summed E-state index contributed by atoms with van der Waals surface area (Å²) in [5, 5.41) is 7.61. The van der Waals surface area contributed by atoms with Crippen LogP contribution in [0.3, 0.4) is 0 Å². The van der Waals surface area contributed by atoms with Crippen LogP contribution in [0.25, 0.3) is 0 Å². The van der Waals surface area contributed by atoms with Crippen LogP contribution in [0, 0.1) is 11.8 Å². The molecule has 2 aliphatic rings. The number of benzene rings is 1. The second-order valence-electron chi connectivity index (χ2n) is 7.71. The zero-order valence-electron chi connectivity index (χ0n) is 16.9. The molecule has 0 unspecified atom stereocenters. The number of fused-ring (bicyclic) bond motifs is 1. The summed E-state index contributed by atoms with van der Waals surface area (Å²) >= 11 is 0. The fourth-order valence-electron chi connectivity index (χ4n) is 3.95. The predicted octanol–water partition coefficient (Wildman–Crippen LogP) is -0.289. The van der Waals surface area contributed by atoms with Gasteiger partial charge in [0, 0.05) is 6.54 Å². The number of primary sulfonamides is 1. The van der Waals surface area contributed by atoms with Gasteiger partial charge in [-0.05, 0) is 37.0 Å². The number of carbonyl (C=O) groups excluding carboxylic acids is 4. The van der Waals surface area contributed by atoms with Crippen LogP contribution < -0.4 is 10.5 Å². The van der Waals surface area contributed by atoms with Gasteiger partial charge in [-0.3, -0.25) is 24.1 Å². The highest BCUT2D eigenvalue weighted by Crippen LogP contribution is 2.37. The summed E-state index contributed by atoms with van der Waals surface area (Å²) in [6.45, 7) is -0.752. The zero-order valence-corrected chi connectivity index (χ0v) is 17.7. The quantitative estimate of drug-likeness (QED) is 0.407. The first-order valence-corrected chi connectivity index (χ1v) is 11.6. The molecule has 1 aromatic carbocycles. The maximum atomic E-state index is 12.4. The Morgan fingerprint density at radius 1 is 1.06 bits per heavy atom. The van der Waals surface area contributed by atoms with E-state index >= 15 is 0 Å². The van der Waals surface area contributed by atoms with Crippen molar-refractivity contribution in [2.24, 2.45) is 17.0 Å². The van der Waals surface area contributed by atoms with Crippen molar-refractivity contribution >= 4 is 33.7 Å². The molecule has 0 radical (unpaired) electrons. The van der Waals surface area contributed by atoms with Crippen molar-refractivity contribution in [1.82, 2.24) is 10.2 Å². The van der Waals surface area contributed by atoms with Crippen molar-refractivity contribution in [1.29, 1.82) is 0 Å². The summed E-state index contributed by atoms with van der Waals surface area (Å²) in [7, 11) is -3.75. The number of hydrogen-bond donors (Lipinski definition) is 2. The molecule has 1 saturated carbocycles. The van der Waals surface area contributed by atoms with Crippen LogP contribution in [-0.2, 0) is 40.4 Å². The SMILES string of the molecule is NS(=O)(=O)c1ccc(CCNC(=O)COC(=O)CN2C(=O)[C@H]3CCCC[C@H]3C2=O)cc1. The lowest BCUT2D eigenvalue weighted by atomic mass is 9.81. The molecule has 31 heavy (non-hydrogen) atoms. The molecule has 0 spiro atoms. The number of ether oxygens (including phenoxy) is 1. The van der Waals surface area contributed by atoms with Crippen LogP contribution >= 0.6 is 0 Å². The molecule has 1 saturated heterocycles. The number of nitrogens with two attached hydrogens (primary N) is 1. The van der Waals surface area contributed by atoms with E-state index in [0.29, 0.717) is 19.3 Å². The van der Waals surface area contributed by atoms with Crippen molar-refractivity contribution in [3.05, 3.63) is 29.8 Å². The second kappa shape index (κ2) is 9.56. The van der Waals surface area contributed by atoms with Crippen LogP contribution in [0.2, 0.25) is 0 Å². The van der Waals surface area contributed by atoms with Gasteiger partial charge in [0.15, 0.2) is 6.61 Å². The largest absolute Gasteiger partial charge is 0.454 e. The van der Waals surface area contributed by atoms with Crippen LogP contribution in [0.15, 0.2) is 29.2 Å². The summed E-state index contributed by atoms with van der Waals surface area (Å²) in [6, 6.07) is 5.94. The Bertz CT molecular complexity index is 951. The normalized spacial score (nSPS) is 21.0. The number of esters is 1. The van der Waals surface area contributed by atoms with Crippen LogP contribution in [0.4, 0.5) is 0 Å². The first kappa shape index (κ1) is 22.9. The molecule has 3 amide bonds. The van der Waals surface area contributed by atoms with Crippen molar-refractivity contribution in [2.45, 2.75) is 37.0 Å². The minimum Gasteiger partial charge on any atom is -0.454 e. The van der Waals surface area contributed by atoms with E-state index in [-0.39, 0.29) is 35.1 Å². The summed E-state index contributed by atoms with van der Waals surface area (Å²) in [4.78, 5) is 49.5. The second-order valence-corrected chi connectivity index (χ2v) is 9.27. The van der Waals surface area contributed by atoms with E-state index in [4.69, 9.17) is 9.88 Å². The minimum absolute atomic E-state index is 0.00131. The van der Waals surface area contributed by atoms with Gasteiger partial charge in [0.05, 0.1) is 16.7 Å². The van der Waals surface area contributed by atoms with Gasteiger partial charge >= 0.3 is 5.97 Å². The Morgan fingerprint density at radius 3 is 2.19 bits per heavy atom. The number of rotatable bonds is 8. The highest BCUT2D eigenvalue weighted by Gasteiger charge is 2.48. The molecule has 11 heteroatoms. The molecule has 1 aromatic rings. The molecule has 0 bridgehead atoms. The number of carbonyl (C=O) groups is 4. The fraction of sp³-hybridized carbons (Fsp3) is 0.500. The topological polar surface area (TPSA) is 153 Å². The Balaban J connectivity index is 1.38. The standard InChI is InChI=1S/C20H25N3O7S/c21-31(28,29)14-7-5-13(6-8-14)9-10-22-17(24)12-30-18(25)11-23-19(26)15-3-1-2-4-16(15)20(23)27/h5-8,15-16H,1-4,9-12H2,(H,22,24)(H2,21,28,29)/t15-,16+. The molecule has 1 aliphatic heterocycles. The fourth-order valence-corrected chi connectivity index (χ4v) is 4.47. The third kappa shape index (κ3) is 5.67. The van der Waals surface area contributed by atoms with E-state index in [0.717, 1.165) is 23.3 Å². The van der Waals surface area contributed by atoms with Gasteiger partial charge in [-0.15, -0.1) is 0 Å². The van der Waals surface area contributed by atoms with Gasteiger partial charge < -0.3 is 10.1 Å². The van der Waals surface area contributed by atoms with Crippen molar-refractivity contribution < 1.29 is 32.3 Å². The number of nitrogens with zero attached hydrogens (tertiary/aromatic N) is 1. The van der Waals surface area contributed by atoms with Gasteiger partial charge in [0.2, 0.25) is 21.8 Å². The van der Waals surface area contributed by atoms with Gasteiger partial charge in [-0.1, -0.05) is 25.0 Å². The van der Waals surface area contributed by atoms with E-state index in [2.05, 4.69) is 5.32 Å². The first-order chi connectivity index (χ1) is 14.7. The van der Waals surface area contributed by atoms with Crippen molar-refractivity contribution in [3.8, 4) is 0 Å². The lowest BCUT2D eigenvalue weighted by molar-refractivity contribution is -0.154. The number of hydrogen-bond acceptors (Lipinski definition) is 7. The Kier molecular flexibility index (Phi) is 7.06. The average Bonchev–Trinajstić information content (AvgIpc) is 2.97. The number of imide groups is 1. The van der Waals surface area contributed by atoms with Gasteiger partial charge in [0.1, 0.15) is 6.54 Å². The Labute approximate surface area is 180 Å². The van der Waals surface area contributed by atoms with Gasteiger partial charge in [-0.25, -0.2) is 13.6 Å². The highest BCUT2D eigenvalue weighted by molar-refractivity contribution is 7.89. The highest BCUT2D eigenvalue weighted by atomic mass is 32.2. The maximum Gasteiger partial charge on any atom is 0.326 e. The zero-order chi connectivity index (χ0) is 22.6. The molecule has 0 aromatic heterocycles. The predicted molar refractivity (Wildman–Crippen MR) is 108 cm³/mol. The van der Waals surface area contributed by atoms with Gasteiger partial charge in [0.25, 0.3) is 5.91 Å². The van der Waals surface area contributed by atoms with E-state index in [1.165, 1.54) is 12.1 Å². The minimum atomic E-state index is -3.75. The third-order valence-electron chi connectivity index (χ3n) is 5.57. The number of likely N-dealkylation sites (tertiary alicyclic amines) is 1.